The average molecular weight is 238 g/mol. The molecule has 0 saturated heterocycles. The van der Waals surface area contributed by atoms with Gasteiger partial charge in [0.25, 0.3) is 0 Å². The van der Waals surface area contributed by atoms with Crippen molar-refractivity contribution in [2.75, 3.05) is 30.5 Å². The van der Waals surface area contributed by atoms with Crippen molar-refractivity contribution in [3.05, 3.63) is 0 Å². The van der Waals surface area contributed by atoms with Crippen molar-refractivity contribution < 1.29 is 0 Å². The lowest BCUT2D eigenvalue weighted by Crippen LogP contribution is -2.18. The molecule has 0 heterocycles. The molecule has 0 aromatic heterocycles. The van der Waals surface area contributed by atoms with Crippen molar-refractivity contribution in [3.8, 4) is 0 Å². The van der Waals surface area contributed by atoms with Gasteiger partial charge in [0, 0.05) is 5.88 Å². The minimum absolute atomic E-state index is 0.675. The maximum absolute atomic E-state index is 5.73. The van der Waals surface area contributed by atoms with Crippen LogP contribution >= 0.6 is 23.4 Å². The summed E-state index contributed by atoms with van der Waals surface area (Å²) in [5, 5.41) is 3.47. The molecule has 1 atom stereocenters. The van der Waals surface area contributed by atoms with Crippen LogP contribution in [0, 0.1) is 5.92 Å². The fourth-order valence-electron chi connectivity index (χ4n) is 1.22. The third-order valence-electron chi connectivity index (χ3n) is 2.16. The van der Waals surface area contributed by atoms with Crippen LogP contribution in [-0.4, -0.2) is 30.5 Å². The fraction of sp³-hybridized carbons (Fsp3) is 1.00. The summed E-state index contributed by atoms with van der Waals surface area (Å²) in [5.41, 5.74) is 0. The summed E-state index contributed by atoms with van der Waals surface area (Å²) in [4.78, 5) is 0. The minimum Gasteiger partial charge on any atom is -0.317 e. The zero-order chi connectivity index (χ0) is 10.6. The quantitative estimate of drug-likeness (QED) is 0.462. The minimum atomic E-state index is 0.675. The Morgan fingerprint density at radius 1 is 1.29 bits per heavy atom. The summed E-state index contributed by atoms with van der Waals surface area (Å²) < 4.78 is 0. The molecule has 1 N–H and O–H groups in total. The van der Waals surface area contributed by atoms with E-state index in [2.05, 4.69) is 19.2 Å². The number of alkyl halides is 1. The van der Waals surface area contributed by atoms with E-state index < -0.39 is 0 Å². The van der Waals surface area contributed by atoms with E-state index in [1.165, 1.54) is 37.3 Å². The summed E-state index contributed by atoms with van der Waals surface area (Å²) in [6.45, 7) is 6.75. The maximum atomic E-state index is 5.73. The van der Waals surface area contributed by atoms with Gasteiger partial charge in [0.2, 0.25) is 0 Å². The Labute approximate surface area is 98.4 Å². The number of nitrogens with one attached hydrogen (secondary N) is 1. The molecule has 0 spiro atoms. The predicted octanol–water partition coefficient (Wildman–Crippen LogP) is 3.37. The molecule has 0 amide bonds. The van der Waals surface area contributed by atoms with Gasteiger partial charge >= 0.3 is 0 Å². The van der Waals surface area contributed by atoms with E-state index in [9.17, 15) is 0 Å². The molecule has 0 saturated carbocycles. The molecule has 0 aliphatic rings. The maximum Gasteiger partial charge on any atom is 0.0249 e. The van der Waals surface area contributed by atoms with Crippen LogP contribution in [0.1, 0.15) is 33.1 Å². The van der Waals surface area contributed by atoms with E-state index in [0.29, 0.717) is 5.92 Å². The van der Waals surface area contributed by atoms with Crippen LogP contribution in [0.2, 0.25) is 0 Å². The molecule has 0 rings (SSSR count). The lowest BCUT2D eigenvalue weighted by molar-refractivity contribution is 0.531. The number of hydrogen-bond acceptors (Lipinski definition) is 2. The first-order valence-corrected chi connectivity index (χ1v) is 7.34. The number of thioether (sulfide) groups is 1. The van der Waals surface area contributed by atoms with Crippen molar-refractivity contribution in [2.24, 2.45) is 5.92 Å². The average Bonchev–Trinajstić information content (AvgIpc) is 2.21. The van der Waals surface area contributed by atoms with Gasteiger partial charge in [-0.05, 0) is 49.8 Å². The van der Waals surface area contributed by atoms with E-state index in [1.807, 2.05) is 11.8 Å². The lowest BCUT2D eigenvalue weighted by Gasteiger charge is -2.07. The number of rotatable bonds is 10. The highest BCUT2D eigenvalue weighted by atomic mass is 35.5. The second-order valence-electron chi connectivity index (χ2n) is 3.70. The Morgan fingerprint density at radius 2 is 2.00 bits per heavy atom. The molecule has 3 heteroatoms. The molecule has 0 aliphatic carbocycles. The van der Waals surface area contributed by atoms with Crippen LogP contribution in [0.3, 0.4) is 0 Å². The molecule has 0 radical (unpaired) electrons. The first-order valence-electron chi connectivity index (χ1n) is 5.65. The van der Waals surface area contributed by atoms with Gasteiger partial charge in [-0.3, -0.25) is 0 Å². The predicted molar refractivity (Wildman–Crippen MR) is 69.6 cm³/mol. The van der Waals surface area contributed by atoms with Gasteiger partial charge in [0.15, 0.2) is 0 Å². The summed E-state index contributed by atoms with van der Waals surface area (Å²) >= 11 is 7.75. The Hall–Kier alpha value is 0.600. The Bertz CT molecular complexity index is 111. The van der Waals surface area contributed by atoms with Gasteiger partial charge in [0.1, 0.15) is 0 Å². The van der Waals surface area contributed by atoms with Crippen LogP contribution in [0.4, 0.5) is 0 Å². The highest BCUT2D eigenvalue weighted by molar-refractivity contribution is 7.99. The van der Waals surface area contributed by atoms with Gasteiger partial charge in [-0.25, -0.2) is 0 Å². The normalized spacial score (nSPS) is 13.1. The molecule has 1 unspecified atom stereocenters. The summed E-state index contributed by atoms with van der Waals surface area (Å²) in [6, 6.07) is 0. The molecule has 0 aromatic carbocycles. The molecular weight excluding hydrogens is 214 g/mol. The Morgan fingerprint density at radius 3 is 2.64 bits per heavy atom. The van der Waals surface area contributed by atoms with Crippen LogP contribution in [0.15, 0.2) is 0 Å². The second kappa shape index (κ2) is 11.7. The van der Waals surface area contributed by atoms with Crippen molar-refractivity contribution >= 4 is 23.4 Å². The van der Waals surface area contributed by atoms with Crippen LogP contribution in [0.5, 0.6) is 0 Å². The van der Waals surface area contributed by atoms with Crippen molar-refractivity contribution in [3.63, 3.8) is 0 Å². The van der Waals surface area contributed by atoms with Crippen molar-refractivity contribution in [1.82, 2.24) is 5.32 Å². The highest BCUT2D eigenvalue weighted by Gasteiger charge is 1.98. The summed E-state index contributed by atoms with van der Waals surface area (Å²) in [5.74, 6) is 4.01. The van der Waals surface area contributed by atoms with Crippen LogP contribution in [-0.2, 0) is 0 Å². The largest absolute Gasteiger partial charge is 0.317 e. The fourth-order valence-corrected chi connectivity index (χ4v) is 2.01. The summed E-state index contributed by atoms with van der Waals surface area (Å²) in [7, 11) is 0. The Balaban J connectivity index is 2.92. The SMILES string of the molecule is CCSCCCNCCCC(C)CCl. The standard InChI is InChI=1S/C11H24ClNS/c1-3-14-9-5-8-13-7-4-6-11(2)10-12/h11,13H,3-10H2,1-2H3. The molecular formula is C11H24ClNS. The van der Waals surface area contributed by atoms with Gasteiger partial charge in [-0.15, -0.1) is 11.6 Å². The van der Waals surface area contributed by atoms with E-state index >= 15 is 0 Å². The van der Waals surface area contributed by atoms with Gasteiger partial charge in [0.05, 0.1) is 0 Å². The smallest absolute Gasteiger partial charge is 0.0249 e. The van der Waals surface area contributed by atoms with Crippen molar-refractivity contribution in [1.29, 1.82) is 0 Å². The zero-order valence-corrected chi connectivity index (χ0v) is 11.1. The van der Waals surface area contributed by atoms with Gasteiger partial charge in [-0.2, -0.15) is 11.8 Å². The first-order chi connectivity index (χ1) is 6.81. The molecule has 14 heavy (non-hydrogen) atoms. The topological polar surface area (TPSA) is 12.0 Å². The molecule has 0 bridgehead atoms. The zero-order valence-electron chi connectivity index (χ0n) is 9.52. The third kappa shape index (κ3) is 10.7. The van der Waals surface area contributed by atoms with E-state index in [1.54, 1.807) is 0 Å². The van der Waals surface area contributed by atoms with E-state index in [4.69, 9.17) is 11.6 Å². The number of hydrogen-bond donors (Lipinski definition) is 1. The van der Waals surface area contributed by atoms with Crippen molar-refractivity contribution in [2.45, 2.75) is 33.1 Å². The van der Waals surface area contributed by atoms with Crippen LogP contribution in [0.25, 0.3) is 0 Å². The Kier molecular flexibility index (Phi) is 12.2. The molecule has 86 valence electrons. The number of halogens is 1. The van der Waals surface area contributed by atoms with E-state index in [0.717, 1.165) is 12.4 Å². The first kappa shape index (κ1) is 14.6. The monoisotopic (exact) mass is 237 g/mol. The van der Waals surface area contributed by atoms with Crippen LogP contribution < -0.4 is 5.32 Å². The van der Waals surface area contributed by atoms with Gasteiger partial charge in [-0.1, -0.05) is 13.8 Å². The molecule has 1 nitrogen and oxygen atoms in total. The third-order valence-corrected chi connectivity index (χ3v) is 3.67. The lowest BCUT2D eigenvalue weighted by atomic mass is 10.1. The molecule has 0 aromatic rings. The van der Waals surface area contributed by atoms with Gasteiger partial charge < -0.3 is 5.32 Å². The second-order valence-corrected chi connectivity index (χ2v) is 5.40. The highest BCUT2D eigenvalue weighted by Crippen LogP contribution is 2.06. The molecule has 0 aliphatic heterocycles. The van der Waals surface area contributed by atoms with E-state index in [-0.39, 0.29) is 0 Å². The summed E-state index contributed by atoms with van der Waals surface area (Å²) in [6.07, 6.45) is 3.80. The molecule has 0 fully saturated rings.